The van der Waals surface area contributed by atoms with E-state index in [9.17, 15) is 9.90 Å². The van der Waals surface area contributed by atoms with Crippen molar-refractivity contribution in [3.05, 3.63) is 27.7 Å². The van der Waals surface area contributed by atoms with Crippen molar-refractivity contribution >= 4 is 34.8 Å². The van der Waals surface area contributed by atoms with Crippen molar-refractivity contribution in [2.75, 3.05) is 18.8 Å². The first-order valence-electron chi connectivity index (χ1n) is 5.92. The zero-order valence-electron chi connectivity index (χ0n) is 11.2. The van der Waals surface area contributed by atoms with Crippen LogP contribution in [0.1, 0.15) is 31.1 Å². The van der Waals surface area contributed by atoms with Gasteiger partial charge in [-0.1, -0.05) is 23.2 Å². The van der Waals surface area contributed by atoms with Crippen LogP contribution in [0.5, 0.6) is 0 Å². The average molecular weight is 305 g/mol. The predicted octanol–water partition coefficient (Wildman–Crippen LogP) is 2.81. The number of rotatable bonds is 4. The van der Waals surface area contributed by atoms with Crippen molar-refractivity contribution in [2.45, 2.75) is 26.4 Å². The first kappa shape index (κ1) is 16.1. The molecule has 0 aliphatic carbocycles. The maximum Gasteiger partial charge on any atom is 0.254 e. The molecule has 0 bridgehead atoms. The predicted molar refractivity (Wildman–Crippen MR) is 78.7 cm³/mol. The number of carbonyl (C=O) groups excluding carboxylic acids is 1. The van der Waals surface area contributed by atoms with Crippen LogP contribution in [0.4, 0.5) is 5.69 Å². The Morgan fingerprint density at radius 1 is 1.42 bits per heavy atom. The Morgan fingerprint density at radius 2 is 2.00 bits per heavy atom. The average Bonchev–Trinajstić information content (AvgIpc) is 2.30. The normalized spacial score (nSPS) is 11.5. The minimum absolute atomic E-state index is 0.225. The van der Waals surface area contributed by atoms with Gasteiger partial charge in [0, 0.05) is 18.7 Å². The molecule has 0 heterocycles. The first-order valence-corrected chi connectivity index (χ1v) is 6.67. The highest BCUT2D eigenvalue weighted by molar-refractivity contribution is 6.43. The molecule has 0 spiro atoms. The summed E-state index contributed by atoms with van der Waals surface area (Å²) in [5.74, 6) is -0.241. The topological polar surface area (TPSA) is 66.6 Å². The molecule has 0 atom stereocenters. The first-order chi connectivity index (χ1) is 8.65. The molecule has 106 valence electrons. The summed E-state index contributed by atoms with van der Waals surface area (Å²) >= 11 is 11.8. The molecule has 1 aromatic carbocycles. The highest BCUT2D eigenvalue weighted by atomic mass is 35.5. The van der Waals surface area contributed by atoms with Crippen molar-refractivity contribution in [3.63, 3.8) is 0 Å². The molecular weight excluding hydrogens is 287 g/mol. The molecule has 0 saturated heterocycles. The van der Waals surface area contributed by atoms with Crippen LogP contribution < -0.4 is 5.73 Å². The van der Waals surface area contributed by atoms with Crippen LogP contribution in [0.15, 0.2) is 12.1 Å². The Kier molecular flexibility index (Phi) is 5.07. The van der Waals surface area contributed by atoms with Gasteiger partial charge in [0.25, 0.3) is 5.91 Å². The Hall–Kier alpha value is -0.970. The van der Waals surface area contributed by atoms with Gasteiger partial charge in [-0.2, -0.15) is 0 Å². The highest BCUT2D eigenvalue weighted by Crippen LogP contribution is 2.30. The summed E-state index contributed by atoms with van der Waals surface area (Å²) in [4.78, 5) is 13.9. The number of amides is 1. The second-order valence-corrected chi connectivity index (χ2v) is 5.78. The Labute approximate surface area is 123 Å². The van der Waals surface area contributed by atoms with Gasteiger partial charge in [-0.25, -0.2) is 0 Å². The van der Waals surface area contributed by atoms with Gasteiger partial charge in [-0.05, 0) is 32.9 Å². The molecule has 4 nitrogen and oxygen atoms in total. The number of carbonyl (C=O) groups is 1. The molecule has 0 radical (unpaired) electrons. The smallest absolute Gasteiger partial charge is 0.254 e. The summed E-state index contributed by atoms with van der Waals surface area (Å²) < 4.78 is 0. The van der Waals surface area contributed by atoms with Crippen LogP contribution in [0, 0.1) is 0 Å². The maximum atomic E-state index is 12.3. The van der Waals surface area contributed by atoms with E-state index < -0.39 is 5.60 Å². The van der Waals surface area contributed by atoms with Gasteiger partial charge < -0.3 is 15.7 Å². The molecule has 0 fully saturated rings. The number of anilines is 1. The SMILES string of the molecule is CCN(CC(C)(C)O)C(=O)c1cc(N)c(Cl)c(Cl)c1. The number of likely N-dealkylation sites (N-methyl/N-ethyl adjacent to an activating group) is 1. The minimum atomic E-state index is -0.965. The number of nitrogen functional groups attached to an aromatic ring is 1. The van der Waals surface area contributed by atoms with Crippen molar-refractivity contribution in [3.8, 4) is 0 Å². The van der Waals surface area contributed by atoms with Crippen LogP contribution >= 0.6 is 23.2 Å². The lowest BCUT2D eigenvalue weighted by Crippen LogP contribution is -2.42. The molecule has 1 amide bonds. The molecular formula is C13H18Cl2N2O2. The Balaban J connectivity index is 3.05. The molecule has 0 aliphatic heterocycles. The summed E-state index contributed by atoms with van der Waals surface area (Å²) in [7, 11) is 0. The van der Waals surface area contributed by atoms with Crippen LogP contribution in [0.25, 0.3) is 0 Å². The van der Waals surface area contributed by atoms with E-state index in [1.165, 1.54) is 17.0 Å². The van der Waals surface area contributed by atoms with Crippen LogP contribution in [0.2, 0.25) is 10.0 Å². The third-order valence-corrected chi connectivity index (χ3v) is 3.37. The summed E-state index contributed by atoms with van der Waals surface area (Å²) in [5, 5.41) is 10.3. The van der Waals surface area contributed by atoms with E-state index in [1.54, 1.807) is 13.8 Å². The van der Waals surface area contributed by atoms with Gasteiger partial charge in [0.05, 0.1) is 21.3 Å². The number of nitrogens with two attached hydrogens (primary N) is 1. The number of aliphatic hydroxyl groups is 1. The number of hydrogen-bond donors (Lipinski definition) is 2. The third-order valence-electron chi connectivity index (χ3n) is 2.55. The van der Waals surface area contributed by atoms with Crippen molar-refractivity contribution in [1.82, 2.24) is 4.90 Å². The van der Waals surface area contributed by atoms with Gasteiger partial charge in [-0.15, -0.1) is 0 Å². The van der Waals surface area contributed by atoms with E-state index in [-0.39, 0.29) is 28.2 Å². The fourth-order valence-corrected chi connectivity index (χ4v) is 2.05. The van der Waals surface area contributed by atoms with Crippen molar-refractivity contribution < 1.29 is 9.90 Å². The second kappa shape index (κ2) is 5.99. The molecule has 0 aromatic heterocycles. The molecule has 1 rings (SSSR count). The van der Waals surface area contributed by atoms with Gasteiger partial charge in [0.1, 0.15) is 0 Å². The number of benzene rings is 1. The van der Waals surface area contributed by atoms with E-state index in [1.807, 2.05) is 6.92 Å². The van der Waals surface area contributed by atoms with E-state index in [0.29, 0.717) is 12.1 Å². The third kappa shape index (κ3) is 4.27. The molecule has 0 unspecified atom stereocenters. The monoisotopic (exact) mass is 304 g/mol. The van der Waals surface area contributed by atoms with Crippen LogP contribution in [-0.2, 0) is 0 Å². The summed E-state index contributed by atoms with van der Waals surface area (Å²) in [6.45, 7) is 5.83. The standard InChI is InChI=1S/C13H18Cl2N2O2/c1-4-17(7-13(2,3)19)12(18)8-5-9(14)11(15)10(16)6-8/h5-6,19H,4,7,16H2,1-3H3. The number of nitrogens with zero attached hydrogens (tertiary/aromatic N) is 1. The zero-order chi connectivity index (χ0) is 14.8. The van der Waals surface area contributed by atoms with Crippen LogP contribution in [0.3, 0.4) is 0 Å². The van der Waals surface area contributed by atoms with E-state index in [2.05, 4.69) is 0 Å². The molecule has 0 aliphatic rings. The van der Waals surface area contributed by atoms with Gasteiger partial charge >= 0.3 is 0 Å². The Morgan fingerprint density at radius 3 is 2.42 bits per heavy atom. The lowest BCUT2D eigenvalue weighted by molar-refractivity contribution is 0.0315. The minimum Gasteiger partial charge on any atom is -0.397 e. The maximum absolute atomic E-state index is 12.3. The van der Waals surface area contributed by atoms with Gasteiger partial charge in [0.15, 0.2) is 0 Å². The number of hydrogen-bond acceptors (Lipinski definition) is 3. The van der Waals surface area contributed by atoms with Crippen molar-refractivity contribution in [1.29, 1.82) is 0 Å². The van der Waals surface area contributed by atoms with E-state index >= 15 is 0 Å². The highest BCUT2D eigenvalue weighted by Gasteiger charge is 2.23. The van der Waals surface area contributed by atoms with Crippen molar-refractivity contribution in [2.24, 2.45) is 0 Å². The fourth-order valence-electron chi connectivity index (χ4n) is 1.71. The van der Waals surface area contributed by atoms with Crippen LogP contribution in [-0.4, -0.2) is 34.6 Å². The van der Waals surface area contributed by atoms with E-state index in [0.717, 1.165) is 0 Å². The summed E-state index contributed by atoms with van der Waals surface area (Å²) in [6, 6.07) is 2.97. The second-order valence-electron chi connectivity index (χ2n) is 4.99. The van der Waals surface area contributed by atoms with E-state index in [4.69, 9.17) is 28.9 Å². The molecule has 0 saturated carbocycles. The summed E-state index contributed by atoms with van der Waals surface area (Å²) in [6.07, 6.45) is 0. The molecule has 1 aromatic rings. The molecule has 3 N–H and O–H groups in total. The number of halogens is 2. The van der Waals surface area contributed by atoms with Gasteiger partial charge in [-0.3, -0.25) is 4.79 Å². The molecule has 19 heavy (non-hydrogen) atoms. The molecule has 6 heteroatoms. The lowest BCUT2D eigenvalue weighted by atomic mass is 10.1. The lowest BCUT2D eigenvalue weighted by Gasteiger charge is -2.28. The largest absolute Gasteiger partial charge is 0.397 e. The zero-order valence-corrected chi connectivity index (χ0v) is 12.7. The fraction of sp³-hybridized carbons (Fsp3) is 0.462. The summed E-state index contributed by atoms with van der Waals surface area (Å²) in [5.41, 5.74) is 5.35. The van der Waals surface area contributed by atoms with Gasteiger partial charge in [0.2, 0.25) is 0 Å². The Bertz CT molecular complexity index is 461. The quantitative estimate of drug-likeness (QED) is 0.841.